The van der Waals surface area contributed by atoms with Crippen molar-refractivity contribution in [3.63, 3.8) is 0 Å². The molecule has 6 N–H and O–H groups in total. The van der Waals surface area contributed by atoms with Crippen molar-refractivity contribution in [1.29, 1.82) is 0 Å². The SMILES string of the molecule is [CH2-]NC(=O)OCOC(=O)NCNC(=O)O.[CH2-]NOO.[Y].[Y]. The Morgan fingerprint density at radius 1 is 1.00 bits per heavy atom. The molecule has 0 saturated carbocycles. The topological polar surface area (TPSA) is 167 Å². The van der Waals surface area contributed by atoms with Crippen LogP contribution in [0.1, 0.15) is 0 Å². The number of hydrogen-bond acceptors (Lipinski definition) is 8. The molecule has 0 aromatic rings. The Morgan fingerprint density at radius 2 is 1.48 bits per heavy atom. The smallest absolute Gasteiger partial charge is 0.411 e. The summed E-state index contributed by atoms with van der Waals surface area (Å²) < 4.78 is 8.56. The van der Waals surface area contributed by atoms with Crippen LogP contribution in [0.15, 0.2) is 0 Å². The zero-order valence-electron chi connectivity index (χ0n) is 10.8. The van der Waals surface area contributed by atoms with Crippen LogP contribution in [-0.4, -0.2) is 42.1 Å². The average molecular weight is 460 g/mol. The second kappa shape index (κ2) is 22.2. The van der Waals surface area contributed by atoms with E-state index in [0.717, 1.165) is 0 Å². The first-order valence-electron chi connectivity index (χ1n) is 4.37. The molecule has 21 heavy (non-hydrogen) atoms. The van der Waals surface area contributed by atoms with Gasteiger partial charge in [0.05, 0.1) is 6.67 Å². The van der Waals surface area contributed by atoms with E-state index < -0.39 is 25.1 Å². The molecule has 0 aliphatic carbocycles. The van der Waals surface area contributed by atoms with Gasteiger partial charge in [0, 0.05) is 65.4 Å². The molecule has 0 aliphatic rings. The van der Waals surface area contributed by atoms with Crippen molar-refractivity contribution >= 4 is 18.3 Å². The van der Waals surface area contributed by atoms with Gasteiger partial charge in [-0.1, -0.05) is 0 Å². The van der Waals surface area contributed by atoms with Crippen molar-refractivity contribution in [3.05, 3.63) is 14.1 Å². The van der Waals surface area contributed by atoms with Crippen molar-refractivity contribution in [3.8, 4) is 0 Å². The first-order valence-corrected chi connectivity index (χ1v) is 4.37. The fourth-order valence-corrected chi connectivity index (χ4v) is 0.431. The summed E-state index contributed by atoms with van der Waals surface area (Å²) in [5.41, 5.74) is 1.74. The summed E-state index contributed by atoms with van der Waals surface area (Å²) in [6, 6.07) is 0. The molecule has 3 amide bonds. The third kappa shape index (κ3) is 28.7. The molecule has 0 unspecified atom stereocenters. The van der Waals surface area contributed by atoms with Crippen molar-refractivity contribution in [2.75, 3.05) is 13.5 Å². The second-order valence-corrected chi connectivity index (χ2v) is 2.23. The fraction of sp³-hybridized carbons (Fsp3) is 0.286. The molecule has 14 heteroatoms. The summed E-state index contributed by atoms with van der Waals surface area (Å²) in [5.74, 6) is 0. The summed E-state index contributed by atoms with van der Waals surface area (Å²) in [5, 5.41) is 21.1. The molecule has 0 atom stereocenters. The predicted octanol–water partition coefficient (Wildman–Crippen LogP) is -0.820. The Morgan fingerprint density at radius 3 is 1.86 bits per heavy atom. The van der Waals surface area contributed by atoms with Crippen molar-refractivity contribution < 1.29 is 105 Å². The second-order valence-electron chi connectivity index (χ2n) is 2.23. The minimum Gasteiger partial charge on any atom is -0.473 e. The van der Waals surface area contributed by atoms with Gasteiger partial charge in [0.1, 0.15) is 0 Å². The van der Waals surface area contributed by atoms with E-state index in [2.05, 4.69) is 28.6 Å². The zero-order valence-corrected chi connectivity index (χ0v) is 16.5. The van der Waals surface area contributed by atoms with Gasteiger partial charge in [-0.05, 0) is 0 Å². The number of amides is 3. The molecule has 2 radical (unpaired) electrons. The number of carbonyl (C=O) groups excluding carboxylic acids is 2. The molecule has 118 valence electrons. The first-order chi connectivity index (χ1) is 8.97. The van der Waals surface area contributed by atoms with E-state index in [1.165, 1.54) is 0 Å². The molecule has 0 rings (SSSR count). The number of hydroxylamine groups is 1. The number of carboxylic acid groups (broad SMARTS) is 1. The van der Waals surface area contributed by atoms with Crippen LogP contribution in [0, 0.1) is 14.1 Å². The molecule has 0 aliphatic heterocycles. The van der Waals surface area contributed by atoms with Gasteiger partial charge in [-0.15, -0.1) is 0 Å². The third-order valence-corrected chi connectivity index (χ3v) is 1.06. The van der Waals surface area contributed by atoms with E-state index in [1.807, 2.05) is 16.0 Å². The van der Waals surface area contributed by atoms with E-state index in [0.29, 0.717) is 0 Å². The Kier molecular flexibility index (Phi) is 30.6. The molecule has 0 aromatic carbocycles. The average Bonchev–Trinajstić information content (AvgIpc) is 2.38. The minimum atomic E-state index is -1.29. The van der Waals surface area contributed by atoms with E-state index in [1.54, 1.807) is 5.48 Å². The largest absolute Gasteiger partial charge is 0.473 e. The maximum atomic E-state index is 10.7. The maximum absolute atomic E-state index is 10.7. The van der Waals surface area contributed by atoms with Gasteiger partial charge in [-0.2, -0.15) is 4.99 Å². The van der Waals surface area contributed by atoms with Crippen LogP contribution in [0.2, 0.25) is 0 Å². The van der Waals surface area contributed by atoms with Crippen molar-refractivity contribution in [2.24, 2.45) is 0 Å². The van der Waals surface area contributed by atoms with Gasteiger partial charge in [0.2, 0.25) is 6.79 Å². The van der Waals surface area contributed by atoms with Crippen LogP contribution in [0.3, 0.4) is 0 Å². The molecule has 0 heterocycles. The first kappa shape index (κ1) is 29.0. The number of alkyl carbamates (subject to hydrolysis) is 2. The summed E-state index contributed by atoms with van der Waals surface area (Å²) in [4.78, 5) is 34.2. The van der Waals surface area contributed by atoms with Crippen LogP contribution in [0.25, 0.3) is 0 Å². The van der Waals surface area contributed by atoms with Crippen molar-refractivity contribution in [1.82, 2.24) is 21.4 Å². The summed E-state index contributed by atoms with van der Waals surface area (Å²) in [7, 11) is 5.88. The number of carbonyl (C=O) groups is 3. The molecule has 0 aromatic heterocycles. The normalized spacial score (nSPS) is 7.57. The monoisotopic (exact) mass is 460 g/mol. The Balaban J connectivity index is -0.000000213. The molecule has 0 spiro atoms. The standard InChI is InChI=1S/C6H10N3O6.CH4NO2.2Y/c1-7-5(12)14-3-15-6(13)9-2-8-4(10)11;1-2-4-3;;/h8H,1-3H2,(H,7,12)(H,9,13)(H,10,11);2-3H,1H2;;/q2*-1;;. The third-order valence-electron chi connectivity index (χ3n) is 1.06. The van der Waals surface area contributed by atoms with E-state index in [-0.39, 0.29) is 72.1 Å². The molecular formula is C7H14N4O8Y2-2. The zero-order chi connectivity index (χ0) is 15.1. The number of nitrogens with one attached hydrogen (secondary N) is 4. The van der Waals surface area contributed by atoms with Gasteiger partial charge >= 0.3 is 18.3 Å². The molecule has 0 bridgehead atoms. The van der Waals surface area contributed by atoms with E-state index in [4.69, 9.17) is 10.4 Å². The van der Waals surface area contributed by atoms with Crippen LogP contribution in [0.5, 0.6) is 0 Å². The van der Waals surface area contributed by atoms with Crippen molar-refractivity contribution in [2.45, 2.75) is 0 Å². The minimum absolute atomic E-state index is 0. The molecule has 0 saturated heterocycles. The van der Waals surface area contributed by atoms with Crippen LogP contribution in [-0.2, 0) is 79.9 Å². The number of rotatable bonds is 5. The summed E-state index contributed by atoms with van der Waals surface area (Å²) >= 11 is 0. The Hall–Kier alpha value is -0.102. The Labute approximate surface area is 170 Å². The molecule has 0 fully saturated rings. The van der Waals surface area contributed by atoms with Gasteiger partial charge in [0.25, 0.3) is 0 Å². The van der Waals surface area contributed by atoms with Crippen LogP contribution >= 0.6 is 0 Å². The van der Waals surface area contributed by atoms with Gasteiger partial charge in [-0.3, -0.25) is 14.1 Å². The van der Waals surface area contributed by atoms with Gasteiger partial charge < -0.3 is 36.0 Å². The van der Waals surface area contributed by atoms with Gasteiger partial charge in [-0.25, -0.2) is 19.6 Å². The van der Waals surface area contributed by atoms with Crippen LogP contribution < -0.4 is 21.4 Å². The summed E-state index contributed by atoms with van der Waals surface area (Å²) in [6.45, 7) is -0.907. The quantitative estimate of drug-likeness (QED) is 0.133. The van der Waals surface area contributed by atoms with Gasteiger partial charge in [0.15, 0.2) is 0 Å². The number of hydrogen-bond donors (Lipinski definition) is 6. The van der Waals surface area contributed by atoms with Crippen LogP contribution in [0.4, 0.5) is 14.4 Å². The molecular weight excluding hydrogens is 446 g/mol. The van der Waals surface area contributed by atoms with E-state index >= 15 is 0 Å². The van der Waals surface area contributed by atoms with E-state index in [9.17, 15) is 14.4 Å². The Bertz CT molecular complexity index is 281. The fourth-order valence-electron chi connectivity index (χ4n) is 0.431. The predicted molar refractivity (Wildman–Crippen MR) is 57.7 cm³/mol. The maximum Gasteiger partial charge on any atom is 0.411 e. The summed E-state index contributed by atoms with van der Waals surface area (Å²) in [6.07, 6.45) is -3.07. The molecule has 12 nitrogen and oxygen atoms in total. The number of ether oxygens (including phenoxy) is 2.